The van der Waals surface area contributed by atoms with Crippen LogP contribution in [0.1, 0.15) is 24.3 Å². The molecule has 0 aliphatic carbocycles. The standard InChI is InChI=1S/C20H23F2N3O4S/c1-25-10-4-7-14(15-8-9-16(21)17(22)19(15)29-2)18(25)20(26)24-12-5-3-6-13(11-12)30(23,27)28/h3,5-6,8-9,11,14,18H,4,7,10H2,1-2H3,(H,24,26)(H2,23,27,28). The zero-order valence-electron chi connectivity index (χ0n) is 16.6. The van der Waals surface area contributed by atoms with E-state index < -0.39 is 39.5 Å². The van der Waals surface area contributed by atoms with E-state index in [0.717, 1.165) is 12.5 Å². The molecule has 10 heteroatoms. The quantitative estimate of drug-likeness (QED) is 0.745. The Morgan fingerprint density at radius 1 is 1.27 bits per heavy atom. The van der Waals surface area contributed by atoms with E-state index in [2.05, 4.69) is 5.32 Å². The van der Waals surface area contributed by atoms with E-state index >= 15 is 0 Å². The van der Waals surface area contributed by atoms with Crippen LogP contribution in [0.4, 0.5) is 14.5 Å². The van der Waals surface area contributed by atoms with Gasteiger partial charge in [-0.2, -0.15) is 4.39 Å². The number of carbonyl (C=O) groups excluding carboxylic acids is 1. The number of nitrogens with two attached hydrogens (primary N) is 1. The first-order valence-electron chi connectivity index (χ1n) is 9.29. The Hall–Kier alpha value is -2.56. The molecule has 1 aliphatic rings. The number of piperidine rings is 1. The van der Waals surface area contributed by atoms with Crippen molar-refractivity contribution in [1.29, 1.82) is 0 Å². The molecule has 2 atom stereocenters. The van der Waals surface area contributed by atoms with Gasteiger partial charge in [-0.1, -0.05) is 12.1 Å². The SMILES string of the molecule is COc1c(C2CCCN(C)C2C(=O)Nc2cccc(S(N)(=O)=O)c2)ccc(F)c1F. The van der Waals surface area contributed by atoms with Gasteiger partial charge in [0, 0.05) is 17.2 Å². The van der Waals surface area contributed by atoms with E-state index in [9.17, 15) is 22.0 Å². The van der Waals surface area contributed by atoms with Crippen LogP contribution in [0.25, 0.3) is 0 Å². The van der Waals surface area contributed by atoms with Gasteiger partial charge < -0.3 is 10.1 Å². The molecule has 0 aromatic heterocycles. The topological polar surface area (TPSA) is 102 Å². The average molecular weight is 439 g/mol. The van der Waals surface area contributed by atoms with Crippen molar-refractivity contribution in [3.8, 4) is 5.75 Å². The van der Waals surface area contributed by atoms with E-state index in [0.29, 0.717) is 18.5 Å². The molecule has 0 radical (unpaired) electrons. The summed E-state index contributed by atoms with van der Waals surface area (Å²) in [5.74, 6) is -3.19. The maximum Gasteiger partial charge on any atom is 0.242 e. The largest absolute Gasteiger partial charge is 0.493 e. The van der Waals surface area contributed by atoms with Gasteiger partial charge in [0.05, 0.1) is 18.0 Å². The predicted octanol–water partition coefficient (Wildman–Crippen LogP) is 2.44. The lowest BCUT2D eigenvalue weighted by atomic mass is 9.82. The van der Waals surface area contributed by atoms with Crippen LogP contribution in [0.5, 0.6) is 5.75 Å². The molecule has 0 saturated carbocycles. The highest BCUT2D eigenvalue weighted by atomic mass is 32.2. The molecule has 2 aromatic carbocycles. The summed E-state index contributed by atoms with van der Waals surface area (Å²) in [6, 6.07) is 7.36. The van der Waals surface area contributed by atoms with Gasteiger partial charge in [0.25, 0.3) is 0 Å². The van der Waals surface area contributed by atoms with Crippen LogP contribution in [0.15, 0.2) is 41.3 Å². The van der Waals surface area contributed by atoms with E-state index in [1.54, 1.807) is 13.1 Å². The zero-order chi connectivity index (χ0) is 22.1. The van der Waals surface area contributed by atoms with Crippen molar-refractivity contribution in [2.45, 2.75) is 29.7 Å². The van der Waals surface area contributed by atoms with Crippen molar-refractivity contribution in [3.05, 3.63) is 53.6 Å². The van der Waals surface area contributed by atoms with Crippen LogP contribution >= 0.6 is 0 Å². The van der Waals surface area contributed by atoms with Gasteiger partial charge in [0.2, 0.25) is 21.7 Å². The number of hydrogen-bond acceptors (Lipinski definition) is 5. The van der Waals surface area contributed by atoms with Gasteiger partial charge in [-0.05, 0) is 50.7 Å². The number of anilines is 1. The summed E-state index contributed by atoms with van der Waals surface area (Å²) in [5.41, 5.74) is 0.669. The number of benzene rings is 2. The molecule has 0 spiro atoms. The van der Waals surface area contributed by atoms with Crippen LogP contribution in [0.3, 0.4) is 0 Å². The van der Waals surface area contributed by atoms with Crippen molar-refractivity contribution in [2.24, 2.45) is 5.14 Å². The summed E-state index contributed by atoms with van der Waals surface area (Å²) in [6.45, 7) is 0.637. The minimum atomic E-state index is -3.92. The Labute approximate surface area is 173 Å². The number of likely N-dealkylation sites (tertiary alicyclic amines) is 1. The fourth-order valence-corrected chi connectivity index (χ4v) is 4.45. The second-order valence-corrected chi connectivity index (χ2v) is 8.78. The summed E-state index contributed by atoms with van der Waals surface area (Å²) in [5, 5.41) is 7.86. The fraction of sp³-hybridized carbons (Fsp3) is 0.350. The van der Waals surface area contributed by atoms with Crippen LogP contribution in [-0.2, 0) is 14.8 Å². The molecule has 1 fully saturated rings. The number of amides is 1. The highest BCUT2D eigenvalue weighted by molar-refractivity contribution is 7.89. The molecule has 30 heavy (non-hydrogen) atoms. The number of methoxy groups -OCH3 is 1. The molecular weight excluding hydrogens is 416 g/mol. The van der Waals surface area contributed by atoms with Crippen LogP contribution in [0.2, 0.25) is 0 Å². The Morgan fingerprint density at radius 2 is 2.00 bits per heavy atom. The number of halogens is 2. The first-order valence-corrected chi connectivity index (χ1v) is 10.8. The number of ether oxygens (including phenoxy) is 1. The molecule has 2 unspecified atom stereocenters. The van der Waals surface area contributed by atoms with Gasteiger partial charge >= 0.3 is 0 Å². The first kappa shape index (κ1) is 22.1. The number of hydrogen-bond donors (Lipinski definition) is 2. The number of primary sulfonamides is 1. The minimum Gasteiger partial charge on any atom is -0.493 e. The highest BCUT2D eigenvalue weighted by Crippen LogP contribution is 2.39. The van der Waals surface area contributed by atoms with Crippen molar-refractivity contribution in [3.63, 3.8) is 0 Å². The molecule has 1 heterocycles. The number of rotatable bonds is 5. The van der Waals surface area contributed by atoms with Gasteiger partial charge in [-0.15, -0.1) is 0 Å². The molecule has 3 rings (SSSR count). The molecule has 3 N–H and O–H groups in total. The van der Waals surface area contributed by atoms with Gasteiger partial charge in [0.1, 0.15) is 0 Å². The Bertz CT molecular complexity index is 1060. The second-order valence-electron chi connectivity index (χ2n) is 7.22. The number of likely N-dealkylation sites (N-methyl/N-ethyl adjacent to an activating group) is 1. The molecule has 1 aliphatic heterocycles. The second kappa shape index (κ2) is 8.66. The molecule has 7 nitrogen and oxygen atoms in total. The fourth-order valence-electron chi connectivity index (χ4n) is 3.89. The lowest BCUT2D eigenvalue weighted by Gasteiger charge is -2.38. The molecule has 1 amide bonds. The van der Waals surface area contributed by atoms with Gasteiger partial charge in [-0.25, -0.2) is 17.9 Å². The molecule has 162 valence electrons. The number of sulfonamides is 1. The maximum absolute atomic E-state index is 14.3. The maximum atomic E-state index is 14.3. The molecule has 1 saturated heterocycles. The summed E-state index contributed by atoms with van der Waals surface area (Å²) >= 11 is 0. The third-order valence-corrected chi connectivity index (χ3v) is 6.18. The predicted molar refractivity (Wildman–Crippen MR) is 108 cm³/mol. The molecular formula is C20H23F2N3O4S. The third-order valence-electron chi connectivity index (χ3n) is 5.26. The zero-order valence-corrected chi connectivity index (χ0v) is 17.4. The smallest absolute Gasteiger partial charge is 0.242 e. The average Bonchev–Trinajstić information content (AvgIpc) is 2.69. The summed E-state index contributed by atoms with van der Waals surface area (Å²) in [7, 11) is -0.905. The Balaban J connectivity index is 1.94. The Morgan fingerprint density at radius 3 is 2.67 bits per heavy atom. The summed E-state index contributed by atoms with van der Waals surface area (Å²) < 4.78 is 56.2. The van der Waals surface area contributed by atoms with E-state index in [1.807, 2.05) is 4.90 Å². The number of nitrogens with one attached hydrogen (secondary N) is 1. The van der Waals surface area contributed by atoms with E-state index in [-0.39, 0.29) is 16.3 Å². The molecule has 0 bridgehead atoms. The Kier molecular flexibility index (Phi) is 6.39. The molecule has 2 aromatic rings. The first-order chi connectivity index (χ1) is 14.1. The van der Waals surface area contributed by atoms with E-state index in [1.165, 1.54) is 31.4 Å². The van der Waals surface area contributed by atoms with Gasteiger partial charge in [-0.3, -0.25) is 9.69 Å². The van der Waals surface area contributed by atoms with Crippen LogP contribution in [-0.4, -0.2) is 46.0 Å². The van der Waals surface area contributed by atoms with Crippen molar-refractivity contribution in [2.75, 3.05) is 26.0 Å². The van der Waals surface area contributed by atoms with Crippen LogP contribution in [0, 0.1) is 11.6 Å². The monoisotopic (exact) mass is 439 g/mol. The van der Waals surface area contributed by atoms with E-state index in [4.69, 9.17) is 9.88 Å². The van der Waals surface area contributed by atoms with Crippen molar-refractivity contribution < 1.29 is 26.7 Å². The van der Waals surface area contributed by atoms with Crippen molar-refractivity contribution >= 4 is 21.6 Å². The summed E-state index contributed by atoms with van der Waals surface area (Å²) in [4.78, 5) is 14.8. The summed E-state index contributed by atoms with van der Waals surface area (Å²) in [6.07, 6.45) is 1.33. The number of nitrogens with zero attached hydrogens (tertiary/aromatic N) is 1. The minimum absolute atomic E-state index is 0.129. The normalized spacial score (nSPS) is 20.0. The third kappa shape index (κ3) is 4.45. The van der Waals surface area contributed by atoms with Crippen molar-refractivity contribution in [1.82, 2.24) is 4.90 Å². The highest BCUT2D eigenvalue weighted by Gasteiger charge is 2.38. The lowest BCUT2D eigenvalue weighted by molar-refractivity contribution is -0.122. The lowest BCUT2D eigenvalue weighted by Crippen LogP contribution is -2.49. The van der Waals surface area contributed by atoms with Gasteiger partial charge in [0.15, 0.2) is 11.6 Å². The van der Waals surface area contributed by atoms with Crippen LogP contribution < -0.4 is 15.2 Å². The number of carbonyl (C=O) groups is 1.